The maximum Gasteiger partial charge on any atom is 0.266 e. The molecule has 4 rings (SSSR count). The Morgan fingerprint density at radius 2 is 1.86 bits per heavy atom. The number of nitrogens with zero attached hydrogens (tertiary/aromatic N) is 3. The normalized spacial score (nSPS) is 18.0. The van der Waals surface area contributed by atoms with Crippen LogP contribution in [0.3, 0.4) is 0 Å². The standard InChI is InChI=1S/C23H25N3O2S/c1-16-9-8-14-25(15-16)21(27)17(2)29-23-24-20-13-7-6-12-19(20)22(28)26(23)18-10-4-3-5-11-18/h3-7,10-13,16-17H,8-9,14-15H2,1-2H3/t16-,17+/m0/s1. The summed E-state index contributed by atoms with van der Waals surface area (Å²) in [7, 11) is 0. The van der Waals surface area contributed by atoms with Gasteiger partial charge in [0.2, 0.25) is 5.91 Å². The van der Waals surface area contributed by atoms with Crippen LogP contribution in [-0.4, -0.2) is 38.7 Å². The molecule has 150 valence electrons. The molecule has 1 aliphatic rings. The molecule has 0 unspecified atom stereocenters. The Morgan fingerprint density at radius 1 is 1.14 bits per heavy atom. The fourth-order valence-electron chi connectivity index (χ4n) is 3.85. The van der Waals surface area contributed by atoms with Crippen molar-refractivity contribution in [3.8, 4) is 5.69 Å². The van der Waals surface area contributed by atoms with Gasteiger partial charge >= 0.3 is 0 Å². The Hall–Kier alpha value is -2.60. The Kier molecular flexibility index (Phi) is 5.72. The minimum atomic E-state index is -0.316. The van der Waals surface area contributed by atoms with E-state index in [1.54, 1.807) is 10.6 Å². The van der Waals surface area contributed by atoms with Crippen LogP contribution in [0.4, 0.5) is 0 Å². The van der Waals surface area contributed by atoms with Crippen molar-refractivity contribution >= 4 is 28.6 Å². The molecule has 6 heteroatoms. The van der Waals surface area contributed by atoms with E-state index in [0.29, 0.717) is 22.0 Å². The fourth-order valence-corrected chi connectivity index (χ4v) is 4.86. The number of amides is 1. The molecule has 29 heavy (non-hydrogen) atoms. The van der Waals surface area contributed by atoms with E-state index in [4.69, 9.17) is 4.98 Å². The van der Waals surface area contributed by atoms with Gasteiger partial charge < -0.3 is 4.90 Å². The van der Waals surface area contributed by atoms with Crippen LogP contribution >= 0.6 is 11.8 Å². The van der Waals surface area contributed by atoms with Crippen molar-refractivity contribution in [2.24, 2.45) is 5.92 Å². The van der Waals surface area contributed by atoms with Crippen LogP contribution in [0.1, 0.15) is 26.7 Å². The lowest BCUT2D eigenvalue weighted by Gasteiger charge is -2.32. The number of likely N-dealkylation sites (tertiary alicyclic amines) is 1. The summed E-state index contributed by atoms with van der Waals surface area (Å²) in [6.07, 6.45) is 2.22. The molecule has 0 aliphatic carbocycles. The van der Waals surface area contributed by atoms with Crippen molar-refractivity contribution in [3.05, 3.63) is 65.0 Å². The summed E-state index contributed by atoms with van der Waals surface area (Å²) in [4.78, 5) is 33.0. The topological polar surface area (TPSA) is 55.2 Å². The van der Waals surface area contributed by atoms with E-state index in [9.17, 15) is 9.59 Å². The minimum Gasteiger partial charge on any atom is -0.341 e. The molecule has 1 saturated heterocycles. The second kappa shape index (κ2) is 8.41. The predicted octanol–water partition coefficient (Wildman–Crippen LogP) is 4.12. The van der Waals surface area contributed by atoms with Gasteiger partial charge in [0.25, 0.3) is 5.56 Å². The smallest absolute Gasteiger partial charge is 0.266 e. The molecule has 0 saturated carbocycles. The van der Waals surface area contributed by atoms with E-state index in [0.717, 1.165) is 25.2 Å². The zero-order chi connectivity index (χ0) is 20.4. The molecule has 1 aromatic heterocycles. The van der Waals surface area contributed by atoms with Crippen molar-refractivity contribution in [1.82, 2.24) is 14.5 Å². The number of carbonyl (C=O) groups excluding carboxylic acids is 1. The average Bonchev–Trinajstić information content (AvgIpc) is 2.74. The number of thioether (sulfide) groups is 1. The summed E-state index contributed by atoms with van der Waals surface area (Å²) in [6.45, 7) is 5.71. The summed E-state index contributed by atoms with van der Waals surface area (Å²) >= 11 is 1.36. The van der Waals surface area contributed by atoms with E-state index >= 15 is 0 Å². The molecule has 1 aliphatic heterocycles. The second-order valence-electron chi connectivity index (χ2n) is 7.68. The summed E-state index contributed by atoms with van der Waals surface area (Å²) in [5.74, 6) is 0.648. The number of hydrogen-bond donors (Lipinski definition) is 0. The van der Waals surface area contributed by atoms with Gasteiger partial charge in [-0.2, -0.15) is 0 Å². The molecular formula is C23H25N3O2S. The van der Waals surface area contributed by atoms with Crippen LogP contribution in [0.15, 0.2) is 64.5 Å². The van der Waals surface area contributed by atoms with E-state index in [2.05, 4.69) is 6.92 Å². The van der Waals surface area contributed by atoms with E-state index < -0.39 is 0 Å². The number of hydrogen-bond acceptors (Lipinski definition) is 4. The third kappa shape index (κ3) is 4.08. The summed E-state index contributed by atoms with van der Waals surface area (Å²) in [6, 6.07) is 16.8. The summed E-state index contributed by atoms with van der Waals surface area (Å²) in [5, 5.41) is 0.804. The highest BCUT2D eigenvalue weighted by Crippen LogP contribution is 2.27. The van der Waals surface area contributed by atoms with Gasteiger partial charge in [0.05, 0.1) is 21.8 Å². The molecule has 0 N–H and O–H groups in total. The van der Waals surface area contributed by atoms with Crippen molar-refractivity contribution in [2.75, 3.05) is 13.1 Å². The van der Waals surface area contributed by atoms with Crippen LogP contribution in [0.2, 0.25) is 0 Å². The number of rotatable bonds is 4. The Bertz CT molecular complexity index is 1080. The first kappa shape index (κ1) is 19.7. The first-order valence-corrected chi connectivity index (χ1v) is 10.9. The summed E-state index contributed by atoms with van der Waals surface area (Å²) in [5.41, 5.74) is 1.29. The molecule has 5 nitrogen and oxygen atoms in total. The van der Waals surface area contributed by atoms with Crippen molar-refractivity contribution in [1.29, 1.82) is 0 Å². The van der Waals surface area contributed by atoms with E-state index in [1.165, 1.54) is 18.2 Å². The zero-order valence-electron chi connectivity index (χ0n) is 16.7. The van der Waals surface area contributed by atoms with Crippen LogP contribution in [0.5, 0.6) is 0 Å². The van der Waals surface area contributed by atoms with Crippen molar-refractivity contribution < 1.29 is 4.79 Å². The molecule has 0 radical (unpaired) electrons. The monoisotopic (exact) mass is 407 g/mol. The van der Waals surface area contributed by atoms with Crippen LogP contribution in [0.25, 0.3) is 16.6 Å². The molecule has 2 aromatic carbocycles. The zero-order valence-corrected chi connectivity index (χ0v) is 17.6. The van der Waals surface area contributed by atoms with Crippen molar-refractivity contribution in [3.63, 3.8) is 0 Å². The highest BCUT2D eigenvalue weighted by atomic mass is 32.2. The van der Waals surface area contributed by atoms with E-state index in [-0.39, 0.29) is 16.7 Å². The van der Waals surface area contributed by atoms with Crippen LogP contribution in [0, 0.1) is 5.92 Å². The first-order chi connectivity index (χ1) is 14.0. The molecule has 0 spiro atoms. The molecule has 3 aromatic rings. The lowest BCUT2D eigenvalue weighted by Crippen LogP contribution is -2.42. The molecular weight excluding hydrogens is 382 g/mol. The molecule has 0 bridgehead atoms. The van der Waals surface area contributed by atoms with Crippen LogP contribution < -0.4 is 5.56 Å². The SMILES string of the molecule is C[C@H]1CCCN(C(=O)[C@@H](C)Sc2nc3ccccc3c(=O)n2-c2ccccc2)C1. The molecule has 2 atom stereocenters. The fraction of sp³-hybridized carbons (Fsp3) is 0.348. The third-order valence-electron chi connectivity index (χ3n) is 5.36. The number of fused-ring (bicyclic) bond motifs is 1. The quantitative estimate of drug-likeness (QED) is 0.482. The first-order valence-electron chi connectivity index (χ1n) is 10.1. The van der Waals surface area contributed by atoms with Gasteiger partial charge in [0.15, 0.2) is 5.16 Å². The Morgan fingerprint density at radius 3 is 2.62 bits per heavy atom. The van der Waals surface area contributed by atoms with Gasteiger partial charge in [-0.1, -0.05) is 49.0 Å². The third-order valence-corrected chi connectivity index (χ3v) is 6.40. The van der Waals surface area contributed by atoms with Crippen LogP contribution in [-0.2, 0) is 4.79 Å². The van der Waals surface area contributed by atoms with Crippen molar-refractivity contribution in [2.45, 2.75) is 37.1 Å². The van der Waals surface area contributed by atoms with Gasteiger partial charge in [0.1, 0.15) is 0 Å². The number of benzene rings is 2. The highest BCUT2D eigenvalue weighted by Gasteiger charge is 2.27. The lowest BCUT2D eigenvalue weighted by molar-refractivity contribution is -0.132. The van der Waals surface area contributed by atoms with Gasteiger partial charge in [-0.05, 0) is 49.9 Å². The molecule has 1 amide bonds. The van der Waals surface area contributed by atoms with Gasteiger partial charge in [0, 0.05) is 13.1 Å². The summed E-state index contributed by atoms with van der Waals surface area (Å²) < 4.78 is 1.62. The molecule has 1 fully saturated rings. The largest absolute Gasteiger partial charge is 0.341 e. The number of piperidine rings is 1. The van der Waals surface area contributed by atoms with E-state index in [1.807, 2.05) is 60.4 Å². The average molecular weight is 408 g/mol. The predicted molar refractivity (Wildman–Crippen MR) is 118 cm³/mol. The maximum atomic E-state index is 13.3. The minimum absolute atomic E-state index is 0.114. The Labute approximate surface area is 174 Å². The van der Waals surface area contributed by atoms with Gasteiger partial charge in [-0.25, -0.2) is 4.98 Å². The number of para-hydroxylation sites is 2. The number of carbonyl (C=O) groups is 1. The second-order valence-corrected chi connectivity index (χ2v) is 8.99. The molecule has 2 heterocycles. The van der Waals surface area contributed by atoms with Gasteiger partial charge in [-0.15, -0.1) is 0 Å². The Balaban J connectivity index is 1.72. The number of aromatic nitrogens is 2. The maximum absolute atomic E-state index is 13.3. The highest BCUT2D eigenvalue weighted by molar-refractivity contribution is 8.00. The van der Waals surface area contributed by atoms with Gasteiger partial charge in [-0.3, -0.25) is 14.2 Å². The lowest BCUT2D eigenvalue weighted by atomic mass is 10.0.